The van der Waals surface area contributed by atoms with Crippen molar-refractivity contribution in [1.29, 1.82) is 0 Å². The van der Waals surface area contributed by atoms with Gasteiger partial charge in [0.05, 0.1) is 6.66 Å². The lowest BCUT2D eigenvalue weighted by atomic mass is 9.98. The number of carbonyl (C=O) groups excluding carboxylic acids is 1. The molecule has 120 valence electrons. The number of ether oxygens (including phenoxy) is 1. The fourth-order valence-corrected chi connectivity index (χ4v) is 3.14. The van der Waals surface area contributed by atoms with Crippen LogP contribution in [0.3, 0.4) is 0 Å². The normalized spacial score (nSPS) is 15.4. The molecule has 1 aliphatic rings. The first-order valence-electron chi connectivity index (χ1n) is 7.02. The Balaban J connectivity index is 1.79. The molecule has 1 unspecified atom stereocenters. The van der Waals surface area contributed by atoms with Gasteiger partial charge in [-0.2, -0.15) is 0 Å². The van der Waals surface area contributed by atoms with Crippen LogP contribution in [0.25, 0.3) is 11.1 Å². The Hall–Kier alpha value is -2.14. The standard InChI is InChI=1S/C16H16NO5P/c1-23(19,22-17)21-16(18)20-10-15-13-8-4-2-6-11(13)12-7-3-5-9-14(12)15/h2-9,15H,10,17H2,1H3. The zero-order valence-corrected chi connectivity index (χ0v) is 13.4. The lowest BCUT2D eigenvalue weighted by Crippen LogP contribution is -2.14. The molecule has 0 bridgehead atoms. The number of rotatable bonds is 4. The molecule has 0 amide bonds. The maximum atomic E-state index is 11.6. The summed E-state index contributed by atoms with van der Waals surface area (Å²) in [5, 5.41) is 0. The predicted molar refractivity (Wildman–Crippen MR) is 85.0 cm³/mol. The summed E-state index contributed by atoms with van der Waals surface area (Å²) in [6, 6.07) is 15.9. The van der Waals surface area contributed by atoms with Crippen molar-refractivity contribution in [2.45, 2.75) is 5.92 Å². The van der Waals surface area contributed by atoms with Crippen molar-refractivity contribution in [3.63, 3.8) is 0 Å². The van der Waals surface area contributed by atoms with E-state index in [9.17, 15) is 9.36 Å². The van der Waals surface area contributed by atoms with E-state index in [-0.39, 0.29) is 12.5 Å². The van der Waals surface area contributed by atoms with Crippen LogP contribution >= 0.6 is 7.60 Å². The molecule has 0 saturated carbocycles. The average molecular weight is 333 g/mol. The van der Waals surface area contributed by atoms with Gasteiger partial charge in [0.1, 0.15) is 6.61 Å². The summed E-state index contributed by atoms with van der Waals surface area (Å²) in [5.74, 6) is 4.71. The van der Waals surface area contributed by atoms with Crippen molar-refractivity contribution in [3.05, 3.63) is 59.7 Å². The van der Waals surface area contributed by atoms with Gasteiger partial charge >= 0.3 is 13.8 Å². The molecular formula is C16H16NO5P. The molecule has 23 heavy (non-hydrogen) atoms. The Morgan fingerprint density at radius 1 is 1.09 bits per heavy atom. The second-order valence-corrected chi connectivity index (χ2v) is 7.19. The predicted octanol–water partition coefficient (Wildman–Crippen LogP) is 3.67. The first-order valence-corrected chi connectivity index (χ1v) is 9.01. The summed E-state index contributed by atoms with van der Waals surface area (Å²) in [5.41, 5.74) is 4.40. The van der Waals surface area contributed by atoms with E-state index in [1.165, 1.54) is 0 Å². The van der Waals surface area contributed by atoms with E-state index in [4.69, 9.17) is 10.6 Å². The molecule has 6 nitrogen and oxygen atoms in total. The Kier molecular flexibility index (Phi) is 4.22. The molecule has 0 saturated heterocycles. The highest BCUT2D eigenvalue weighted by molar-refractivity contribution is 7.53. The summed E-state index contributed by atoms with van der Waals surface area (Å²) in [6.07, 6.45) is -1.07. The van der Waals surface area contributed by atoms with Crippen molar-refractivity contribution in [3.8, 4) is 11.1 Å². The third-order valence-electron chi connectivity index (χ3n) is 3.76. The van der Waals surface area contributed by atoms with Crippen LogP contribution in [0, 0.1) is 0 Å². The van der Waals surface area contributed by atoms with Gasteiger partial charge in [0, 0.05) is 5.92 Å². The minimum absolute atomic E-state index is 0.0808. The van der Waals surface area contributed by atoms with Gasteiger partial charge in [-0.1, -0.05) is 48.5 Å². The maximum absolute atomic E-state index is 11.6. The van der Waals surface area contributed by atoms with Crippen molar-refractivity contribution in [2.75, 3.05) is 13.3 Å². The summed E-state index contributed by atoms with van der Waals surface area (Å²) in [6.45, 7) is 1.17. The lowest BCUT2D eigenvalue weighted by Gasteiger charge is -2.15. The maximum Gasteiger partial charge on any atom is 0.514 e. The van der Waals surface area contributed by atoms with E-state index in [1.807, 2.05) is 48.5 Å². The highest BCUT2D eigenvalue weighted by Gasteiger charge is 2.30. The van der Waals surface area contributed by atoms with Gasteiger partial charge in [0.2, 0.25) is 0 Å². The van der Waals surface area contributed by atoms with Gasteiger partial charge in [-0.3, -0.25) is 0 Å². The van der Waals surface area contributed by atoms with Crippen molar-refractivity contribution in [1.82, 2.24) is 0 Å². The average Bonchev–Trinajstić information content (AvgIpc) is 2.87. The SMILES string of the molecule is CP(=O)(ON)OC(=O)OCC1c2ccccc2-c2ccccc21. The first kappa shape index (κ1) is 15.7. The molecule has 2 aromatic rings. The molecule has 2 aromatic carbocycles. The van der Waals surface area contributed by atoms with Gasteiger partial charge in [-0.25, -0.2) is 19.9 Å². The van der Waals surface area contributed by atoms with Crippen LogP contribution in [0.15, 0.2) is 48.5 Å². The minimum atomic E-state index is -3.62. The third kappa shape index (κ3) is 3.15. The molecule has 0 radical (unpaired) electrons. The Bertz CT molecular complexity index is 746. The minimum Gasteiger partial charge on any atom is -0.433 e. The summed E-state index contributed by atoms with van der Waals surface area (Å²) in [4.78, 5) is 11.6. The van der Waals surface area contributed by atoms with Crippen LogP contribution < -0.4 is 5.90 Å². The topological polar surface area (TPSA) is 87.9 Å². The van der Waals surface area contributed by atoms with E-state index >= 15 is 0 Å². The van der Waals surface area contributed by atoms with Crippen LogP contribution in [-0.4, -0.2) is 19.4 Å². The lowest BCUT2D eigenvalue weighted by molar-refractivity contribution is 0.0889. The number of nitrogens with two attached hydrogens (primary N) is 1. The monoisotopic (exact) mass is 333 g/mol. The fourth-order valence-electron chi connectivity index (χ4n) is 2.77. The second kappa shape index (κ2) is 6.16. The first-order chi connectivity index (χ1) is 11.0. The van der Waals surface area contributed by atoms with Crippen LogP contribution in [0.2, 0.25) is 0 Å². The summed E-state index contributed by atoms with van der Waals surface area (Å²) < 4.78 is 25.3. The molecule has 0 fully saturated rings. The molecule has 0 aromatic heterocycles. The molecule has 7 heteroatoms. The highest BCUT2D eigenvalue weighted by atomic mass is 31.2. The van der Waals surface area contributed by atoms with Crippen molar-refractivity contribution >= 4 is 13.8 Å². The number of carbonyl (C=O) groups is 1. The van der Waals surface area contributed by atoms with Gasteiger partial charge < -0.3 is 9.26 Å². The number of hydrogen-bond acceptors (Lipinski definition) is 6. The zero-order chi connectivity index (χ0) is 16.4. The third-order valence-corrected chi connectivity index (χ3v) is 4.63. The van der Waals surface area contributed by atoms with E-state index < -0.39 is 13.8 Å². The molecule has 1 atom stereocenters. The van der Waals surface area contributed by atoms with E-state index in [0.29, 0.717) is 0 Å². The fraction of sp³-hybridized carbons (Fsp3) is 0.188. The van der Waals surface area contributed by atoms with E-state index in [2.05, 4.69) is 9.15 Å². The Morgan fingerprint density at radius 2 is 1.61 bits per heavy atom. The molecule has 0 aliphatic heterocycles. The van der Waals surface area contributed by atoms with Gasteiger partial charge in [0.15, 0.2) is 0 Å². The van der Waals surface area contributed by atoms with Crippen LogP contribution in [0.4, 0.5) is 4.79 Å². The molecular weight excluding hydrogens is 317 g/mol. The quantitative estimate of drug-likeness (QED) is 0.522. The second-order valence-electron chi connectivity index (χ2n) is 5.26. The smallest absolute Gasteiger partial charge is 0.433 e. The molecule has 2 N–H and O–H groups in total. The van der Waals surface area contributed by atoms with Crippen molar-refractivity contribution in [2.24, 2.45) is 5.90 Å². The molecule has 0 spiro atoms. The van der Waals surface area contributed by atoms with Crippen molar-refractivity contribution < 1.29 is 23.2 Å². The number of fused-ring (bicyclic) bond motifs is 3. The largest absolute Gasteiger partial charge is 0.514 e. The van der Waals surface area contributed by atoms with Gasteiger partial charge in [0.25, 0.3) is 0 Å². The Labute approximate surface area is 133 Å². The highest BCUT2D eigenvalue weighted by Crippen LogP contribution is 2.45. The van der Waals surface area contributed by atoms with E-state index in [0.717, 1.165) is 28.9 Å². The van der Waals surface area contributed by atoms with Crippen LogP contribution in [0.5, 0.6) is 0 Å². The van der Waals surface area contributed by atoms with E-state index in [1.54, 1.807) is 0 Å². The molecule has 3 rings (SSSR count). The van der Waals surface area contributed by atoms with Gasteiger partial charge in [-0.05, 0) is 22.3 Å². The zero-order valence-electron chi connectivity index (χ0n) is 12.5. The van der Waals surface area contributed by atoms with Crippen LogP contribution in [0.1, 0.15) is 17.0 Å². The Morgan fingerprint density at radius 3 is 2.13 bits per heavy atom. The number of hydrogen-bond donors (Lipinski definition) is 1. The molecule has 1 aliphatic carbocycles. The van der Waals surface area contributed by atoms with Crippen LogP contribution in [-0.2, 0) is 18.5 Å². The summed E-state index contributed by atoms with van der Waals surface area (Å²) >= 11 is 0. The number of benzene rings is 2. The molecule has 0 heterocycles. The summed E-state index contributed by atoms with van der Waals surface area (Å²) in [7, 11) is -3.62. The van der Waals surface area contributed by atoms with Gasteiger partial charge in [-0.15, -0.1) is 0 Å².